The highest BCUT2D eigenvalue weighted by molar-refractivity contribution is 7.14. The molecule has 2 aromatic heterocycles. The van der Waals surface area contributed by atoms with Crippen LogP contribution in [0.4, 0.5) is 9.52 Å². The third-order valence-corrected chi connectivity index (χ3v) is 4.27. The third-order valence-electron chi connectivity index (χ3n) is 3.51. The zero-order valence-electron chi connectivity index (χ0n) is 13.6. The molecule has 1 aromatic carbocycles. The van der Waals surface area contributed by atoms with Gasteiger partial charge in [0.25, 0.3) is 5.91 Å². The average Bonchev–Trinajstić information content (AvgIpc) is 3.16. The summed E-state index contributed by atoms with van der Waals surface area (Å²) in [5, 5.41) is 12.0. The van der Waals surface area contributed by atoms with Crippen LogP contribution in [0.25, 0.3) is 11.3 Å². The number of halogens is 1. The van der Waals surface area contributed by atoms with Crippen molar-refractivity contribution in [2.24, 2.45) is 0 Å². The highest BCUT2D eigenvalue weighted by Gasteiger charge is 2.20. The van der Waals surface area contributed by atoms with Crippen molar-refractivity contribution >= 4 is 22.4 Å². The van der Waals surface area contributed by atoms with E-state index in [1.165, 1.54) is 29.7 Å². The maximum absolute atomic E-state index is 13.1. The highest BCUT2D eigenvalue weighted by atomic mass is 32.1. The van der Waals surface area contributed by atoms with Gasteiger partial charge in [0.15, 0.2) is 5.13 Å². The third kappa shape index (κ3) is 3.35. The van der Waals surface area contributed by atoms with E-state index in [0.717, 1.165) is 5.69 Å². The fourth-order valence-electron chi connectivity index (χ4n) is 2.14. The molecule has 7 heteroatoms. The number of carbonyl (C=O) groups excluding carboxylic acids is 1. The van der Waals surface area contributed by atoms with Gasteiger partial charge in [-0.15, -0.1) is 11.3 Å². The Morgan fingerprint density at radius 3 is 2.58 bits per heavy atom. The Morgan fingerprint density at radius 2 is 1.96 bits per heavy atom. The summed E-state index contributed by atoms with van der Waals surface area (Å²) in [6.07, 6.45) is 1.45. The van der Waals surface area contributed by atoms with Crippen LogP contribution in [0.2, 0.25) is 0 Å². The van der Waals surface area contributed by atoms with Crippen LogP contribution in [0.5, 0.6) is 0 Å². The van der Waals surface area contributed by atoms with Crippen molar-refractivity contribution in [2.45, 2.75) is 26.2 Å². The van der Waals surface area contributed by atoms with E-state index in [9.17, 15) is 9.18 Å². The van der Waals surface area contributed by atoms with Crippen LogP contribution in [0.1, 0.15) is 36.8 Å². The molecule has 0 bridgehead atoms. The molecule has 0 atom stereocenters. The molecular weight excluding hydrogens is 327 g/mol. The topological polar surface area (TPSA) is 70.7 Å². The van der Waals surface area contributed by atoms with E-state index >= 15 is 0 Å². The number of anilines is 1. The van der Waals surface area contributed by atoms with Crippen LogP contribution in [0.3, 0.4) is 0 Å². The molecule has 0 unspecified atom stereocenters. The molecule has 0 aliphatic rings. The molecule has 1 amide bonds. The lowest BCUT2D eigenvalue weighted by atomic mass is 9.93. The molecule has 0 aliphatic carbocycles. The van der Waals surface area contributed by atoms with Crippen LogP contribution in [0, 0.1) is 5.82 Å². The first kappa shape index (κ1) is 16.3. The van der Waals surface area contributed by atoms with Crippen molar-refractivity contribution in [1.29, 1.82) is 0 Å². The summed E-state index contributed by atoms with van der Waals surface area (Å²) in [6, 6.07) is 5.88. The van der Waals surface area contributed by atoms with Crippen molar-refractivity contribution in [3.8, 4) is 11.3 Å². The van der Waals surface area contributed by atoms with E-state index < -0.39 is 0 Å². The SMILES string of the molecule is CC(C)(C)c1csc(NC(=O)c2cn[nH]c2-c2ccc(F)cc2)n1. The van der Waals surface area contributed by atoms with Gasteiger partial charge in [0.2, 0.25) is 0 Å². The van der Waals surface area contributed by atoms with Gasteiger partial charge in [0.05, 0.1) is 23.1 Å². The number of nitrogens with one attached hydrogen (secondary N) is 2. The van der Waals surface area contributed by atoms with E-state index in [1.807, 2.05) is 5.38 Å². The summed E-state index contributed by atoms with van der Waals surface area (Å²) < 4.78 is 13.1. The summed E-state index contributed by atoms with van der Waals surface area (Å²) in [5.74, 6) is -0.639. The largest absolute Gasteiger partial charge is 0.298 e. The normalized spacial score (nSPS) is 11.5. The molecule has 0 saturated heterocycles. The van der Waals surface area contributed by atoms with Gasteiger partial charge < -0.3 is 0 Å². The first-order chi connectivity index (χ1) is 11.3. The van der Waals surface area contributed by atoms with E-state index in [0.29, 0.717) is 22.0 Å². The first-order valence-electron chi connectivity index (χ1n) is 7.41. The molecule has 0 spiro atoms. The number of nitrogens with zero attached hydrogens (tertiary/aromatic N) is 2. The van der Waals surface area contributed by atoms with Crippen molar-refractivity contribution in [1.82, 2.24) is 15.2 Å². The Kier molecular flexibility index (Phi) is 4.19. The minimum atomic E-state index is -0.332. The molecule has 3 rings (SSSR count). The zero-order valence-corrected chi connectivity index (χ0v) is 14.4. The van der Waals surface area contributed by atoms with Crippen LogP contribution < -0.4 is 5.32 Å². The minimum absolute atomic E-state index is 0.0750. The van der Waals surface area contributed by atoms with Gasteiger partial charge in [-0.2, -0.15) is 5.10 Å². The number of thiazole rings is 1. The molecule has 0 aliphatic heterocycles. The standard InChI is InChI=1S/C17H17FN4OS/c1-17(2,3)13-9-24-16(20-13)21-15(23)12-8-19-22-14(12)10-4-6-11(18)7-5-10/h4-9H,1-3H3,(H,19,22)(H,20,21,23). The number of amides is 1. The maximum atomic E-state index is 13.1. The quantitative estimate of drug-likeness (QED) is 0.747. The molecule has 2 N–H and O–H groups in total. The molecule has 0 fully saturated rings. The summed E-state index contributed by atoms with van der Waals surface area (Å²) in [5.41, 5.74) is 2.46. The number of aromatic nitrogens is 3. The second-order valence-corrected chi connectivity index (χ2v) is 7.27. The summed E-state index contributed by atoms with van der Waals surface area (Å²) in [6.45, 7) is 6.20. The molecule has 0 radical (unpaired) electrons. The Hall–Kier alpha value is -2.54. The number of H-pyrrole nitrogens is 1. The molecule has 2 heterocycles. The van der Waals surface area contributed by atoms with E-state index in [4.69, 9.17) is 0 Å². The lowest BCUT2D eigenvalue weighted by Crippen LogP contribution is -2.14. The predicted octanol–water partition coefficient (Wildman–Crippen LogP) is 4.22. The number of aromatic amines is 1. The number of benzene rings is 1. The highest BCUT2D eigenvalue weighted by Crippen LogP contribution is 2.27. The number of hydrogen-bond donors (Lipinski definition) is 2. The smallest absolute Gasteiger partial charge is 0.261 e. The Morgan fingerprint density at radius 1 is 1.25 bits per heavy atom. The molecule has 124 valence electrons. The van der Waals surface area contributed by atoms with Crippen molar-refractivity contribution < 1.29 is 9.18 Å². The van der Waals surface area contributed by atoms with Gasteiger partial charge in [-0.05, 0) is 24.3 Å². The van der Waals surface area contributed by atoms with Crippen LogP contribution in [-0.4, -0.2) is 21.1 Å². The summed E-state index contributed by atoms with van der Waals surface area (Å²) in [7, 11) is 0. The van der Waals surface area contributed by atoms with Crippen LogP contribution >= 0.6 is 11.3 Å². The van der Waals surface area contributed by atoms with Gasteiger partial charge in [-0.3, -0.25) is 15.2 Å². The zero-order chi connectivity index (χ0) is 17.3. The monoisotopic (exact) mass is 344 g/mol. The maximum Gasteiger partial charge on any atom is 0.261 e. The molecule has 5 nitrogen and oxygen atoms in total. The lowest BCUT2D eigenvalue weighted by molar-refractivity contribution is 0.102. The van der Waals surface area contributed by atoms with Crippen molar-refractivity contribution in [3.05, 3.63) is 52.9 Å². The van der Waals surface area contributed by atoms with Crippen LogP contribution in [0.15, 0.2) is 35.8 Å². The first-order valence-corrected chi connectivity index (χ1v) is 8.29. The minimum Gasteiger partial charge on any atom is -0.298 e. The molecule has 24 heavy (non-hydrogen) atoms. The van der Waals surface area contributed by atoms with E-state index in [1.54, 1.807) is 12.1 Å². The molecule has 0 saturated carbocycles. The number of carbonyl (C=O) groups is 1. The fraction of sp³-hybridized carbons (Fsp3) is 0.235. The predicted molar refractivity (Wildman–Crippen MR) is 92.7 cm³/mol. The molecule has 3 aromatic rings. The Labute approximate surface area is 143 Å². The van der Waals surface area contributed by atoms with Gasteiger partial charge in [0, 0.05) is 16.4 Å². The van der Waals surface area contributed by atoms with Crippen molar-refractivity contribution in [2.75, 3.05) is 5.32 Å². The van der Waals surface area contributed by atoms with Crippen LogP contribution in [-0.2, 0) is 5.41 Å². The van der Waals surface area contributed by atoms with Gasteiger partial charge >= 0.3 is 0 Å². The van der Waals surface area contributed by atoms with Gasteiger partial charge in [0.1, 0.15) is 5.82 Å². The van der Waals surface area contributed by atoms with Gasteiger partial charge in [-0.1, -0.05) is 20.8 Å². The number of rotatable bonds is 3. The summed E-state index contributed by atoms with van der Waals surface area (Å²) in [4.78, 5) is 17.0. The average molecular weight is 344 g/mol. The lowest BCUT2D eigenvalue weighted by Gasteiger charge is -2.14. The Bertz CT molecular complexity index is 861. The molecular formula is C17H17FN4OS. The second-order valence-electron chi connectivity index (χ2n) is 6.41. The Balaban J connectivity index is 1.83. The fourth-order valence-corrected chi connectivity index (χ4v) is 3.07. The van der Waals surface area contributed by atoms with E-state index in [-0.39, 0.29) is 17.1 Å². The van der Waals surface area contributed by atoms with Gasteiger partial charge in [-0.25, -0.2) is 9.37 Å². The van der Waals surface area contributed by atoms with E-state index in [2.05, 4.69) is 41.3 Å². The number of hydrogen-bond acceptors (Lipinski definition) is 4. The van der Waals surface area contributed by atoms with Crippen molar-refractivity contribution in [3.63, 3.8) is 0 Å². The summed E-state index contributed by atoms with van der Waals surface area (Å²) >= 11 is 1.38. The second kappa shape index (κ2) is 6.16.